The molecule has 0 spiro atoms. The van der Waals surface area contributed by atoms with Gasteiger partial charge in [-0.2, -0.15) is 0 Å². The molecule has 0 bridgehead atoms. The molecule has 1 aromatic heterocycles. The van der Waals surface area contributed by atoms with Crippen LogP contribution in [-0.2, 0) is 4.74 Å². The molecule has 1 aliphatic rings. The van der Waals surface area contributed by atoms with Gasteiger partial charge in [0.05, 0.1) is 6.61 Å². The van der Waals surface area contributed by atoms with E-state index in [-0.39, 0.29) is 16.7 Å². The first-order valence-corrected chi connectivity index (χ1v) is 9.37. The Morgan fingerprint density at radius 2 is 1.65 bits per heavy atom. The zero-order valence-corrected chi connectivity index (χ0v) is 16.0. The number of hydrogen-bond donors (Lipinski definition) is 6. The average molecular weight is 432 g/mol. The van der Waals surface area contributed by atoms with E-state index in [2.05, 4.69) is 0 Å². The fourth-order valence-electron chi connectivity index (χ4n) is 3.39. The molecule has 31 heavy (non-hydrogen) atoms. The Balaban J connectivity index is 1.76. The van der Waals surface area contributed by atoms with E-state index in [0.717, 1.165) is 6.07 Å². The standard InChI is InChI=1S/C21H20O10/c22-8-14-17(25)19(27)20(28)21(31-14)30-13-7-12-15(18(26)16(13)24)10(23)6-11(29-12)9-4-2-1-3-5-9/h1-7,14,17,19-22,24-28H,8H2/t14-,17-,19-,20+,21-/m1/s1. The first kappa shape index (κ1) is 21.1. The monoisotopic (exact) mass is 432 g/mol. The third kappa shape index (κ3) is 3.71. The molecule has 1 saturated heterocycles. The van der Waals surface area contributed by atoms with Crippen molar-refractivity contribution >= 4 is 11.0 Å². The summed E-state index contributed by atoms with van der Waals surface area (Å²) in [5, 5.41) is 59.6. The molecule has 1 aliphatic heterocycles. The molecular weight excluding hydrogens is 412 g/mol. The normalized spacial score (nSPS) is 26.1. The Labute approximate surface area is 174 Å². The summed E-state index contributed by atoms with van der Waals surface area (Å²) < 4.78 is 16.4. The van der Waals surface area contributed by atoms with E-state index in [9.17, 15) is 35.4 Å². The van der Waals surface area contributed by atoms with Gasteiger partial charge in [0.25, 0.3) is 0 Å². The summed E-state index contributed by atoms with van der Waals surface area (Å²) in [6.45, 7) is -0.672. The van der Waals surface area contributed by atoms with E-state index >= 15 is 0 Å². The van der Waals surface area contributed by atoms with Crippen LogP contribution in [0.25, 0.3) is 22.3 Å². The van der Waals surface area contributed by atoms with Crippen LogP contribution in [-0.4, -0.2) is 68.0 Å². The summed E-state index contributed by atoms with van der Waals surface area (Å²) in [5.41, 5.74) is -0.112. The molecule has 0 amide bonds. The minimum Gasteiger partial charge on any atom is -0.504 e. The van der Waals surface area contributed by atoms with Crippen LogP contribution in [0.15, 0.2) is 51.7 Å². The van der Waals surface area contributed by atoms with E-state index < -0.39 is 60.0 Å². The highest BCUT2D eigenvalue weighted by molar-refractivity contribution is 5.89. The highest BCUT2D eigenvalue weighted by atomic mass is 16.7. The van der Waals surface area contributed by atoms with Gasteiger partial charge in [-0.3, -0.25) is 4.79 Å². The molecule has 10 nitrogen and oxygen atoms in total. The molecule has 3 aromatic rings. The molecule has 2 heterocycles. The molecule has 4 rings (SSSR count). The fraction of sp³-hybridized carbons (Fsp3) is 0.286. The summed E-state index contributed by atoms with van der Waals surface area (Å²) in [4.78, 5) is 12.5. The van der Waals surface area contributed by atoms with E-state index in [1.54, 1.807) is 30.3 Å². The lowest BCUT2D eigenvalue weighted by molar-refractivity contribution is -0.277. The minimum atomic E-state index is -1.74. The second-order valence-electron chi connectivity index (χ2n) is 7.10. The largest absolute Gasteiger partial charge is 0.504 e. The van der Waals surface area contributed by atoms with E-state index in [1.807, 2.05) is 0 Å². The maximum atomic E-state index is 12.5. The lowest BCUT2D eigenvalue weighted by atomic mass is 9.99. The van der Waals surface area contributed by atoms with Crippen molar-refractivity contribution in [3.05, 3.63) is 52.7 Å². The van der Waals surface area contributed by atoms with Gasteiger partial charge in [0, 0.05) is 17.7 Å². The highest BCUT2D eigenvalue weighted by Crippen LogP contribution is 2.42. The van der Waals surface area contributed by atoms with Gasteiger partial charge in [-0.15, -0.1) is 0 Å². The van der Waals surface area contributed by atoms with Crippen molar-refractivity contribution in [1.29, 1.82) is 0 Å². The molecule has 1 fully saturated rings. The van der Waals surface area contributed by atoms with Crippen LogP contribution in [0.3, 0.4) is 0 Å². The minimum absolute atomic E-state index is 0.110. The Hall–Kier alpha value is -3.15. The number of phenolic OH excluding ortho intramolecular Hbond substituents is 2. The first-order chi connectivity index (χ1) is 14.8. The number of aromatic hydroxyl groups is 2. The molecular formula is C21H20O10. The number of benzene rings is 2. The summed E-state index contributed by atoms with van der Waals surface area (Å²) in [6, 6.07) is 11.0. The van der Waals surface area contributed by atoms with Crippen molar-refractivity contribution in [2.75, 3.05) is 6.61 Å². The maximum Gasteiger partial charge on any atom is 0.229 e. The van der Waals surface area contributed by atoms with Crippen LogP contribution < -0.4 is 10.2 Å². The van der Waals surface area contributed by atoms with Crippen LogP contribution in [0.1, 0.15) is 0 Å². The number of fused-ring (bicyclic) bond motifs is 1. The zero-order valence-electron chi connectivity index (χ0n) is 16.0. The van der Waals surface area contributed by atoms with Gasteiger partial charge in [0.2, 0.25) is 12.0 Å². The molecule has 10 heteroatoms. The van der Waals surface area contributed by atoms with Gasteiger partial charge in [-0.25, -0.2) is 0 Å². The molecule has 164 valence electrons. The second kappa shape index (κ2) is 8.17. The third-order valence-corrected chi connectivity index (χ3v) is 5.08. The Bertz CT molecular complexity index is 1140. The van der Waals surface area contributed by atoms with Crippen LogP contribution >= 0.6 is 0 Å². The van der Waals surface area contributed by atoms with Gasteiger partial charge < -0.3 is 44.5 Å². The quantitative estimate of drug-likeness (QED) is 0.310. The summed E-state index contributed by atoms with van der Waals surface area (Å²) in [6.07, 6.45) is -7.87. The zero-order chi connectivity index (χ0) is 22.3. The van der Waals surface area contributed by atoms with Crippen LogP contribution in [0, 0.1) is 0 Å². The van der Waals surface area contributed by atoms with Gasteiger partial charge in [-0.05, 0) is 0 Å². The third-order valence-electron chi connectivity index (χ3n) is 5.08. The Morgan fingerprint density at radius 1 is 0.935 bits per heavy atom. The number of aliphatic hydroxyl groups excluding tert-OH is 4. The second-order valence-corrected chi connectivity index (χ2v) is 7.10. The summed E-state index contributed by atoms with van der Waals surface area (Å²) in [7, 11) is 0. The van der Waals surface area contributed by atoms with Crippen molar-refractivity contribution in [1.82, 2.24) is 0 Å². The molecule has 0 aliphatic carbocycles. The van der Waals surface area contributed by atoms with Gasteiger partial charge in [-0.1, -0.05) is 30.3 Å². The average Bonchev–Trinajstić information content (AvgIpc) is 2.77. The first-order valence-electron chi connectivity index (χ1n) is 9.37. The van der Waals surface area contributed by atoms with E-state index in [4.69, 9.17) is 13.9 Å². The summed E-state index contributed by atoms with van der Waals surface area (Å²) >= 11 is 0. The molecule has 0 unspecified atom stereocenters. The highest BCUT2D eigenvalue weighted by Gasteiger charge is 2.45. The molecule has 6 N–H and O–H groups in total. The van der Waals surface area contributed by atoms with Gasteiger partial charge in [0.1, 0.15) is 41.1 Å². The number of aliphatic hydroxyl groups is 4. The topological polar surface area (TPSA) is 170 Å². The Morgan fingerprint density at radius 3 is 2.32 bits per heavy atom. The Kier molecular flexibility index (Phi) is 5.56. The van der Waals surface area contributed by atoms with Crippen molar-refractivity contribution in [3.63, 3.8) is 0 Å². The predicted molar refractivity (Wildman–Crippen MR) is 106 cm³/mol. The van der Waals surface area contributed by atoms with Crippen LogP contribution in [0.5, 0.6) is 17.2 Å². The van der Waals surface area contributed by atoms with Crippen molar-refractivity contribution in [2.45, 2.75) is 30.7 Å². The lowest BCUT2D eigenvalue weighted by Gasteiger charge is -2.39. The maximum absolute atomic E-state index is 12.5. The lowest BCUT2D eigenvalue weighted by Crippen LogP contribution is -2.60. The van der Waals surface area contributed by atoms with Gasteiger partial charge in [0.15, 0.2) is 16.9 Å². The van der Waals surface area contributed by atoms with Crippen molar-refractivity contribution < 1.29 is 44.5 Å². The smallest absolute Gasteiger partial charge is 0.229 e. The number of hydrogen-bond acceptors (Lipinski definition) is 10. The van der Waals surface area contributed by atoms with Crippen LogP contribution in [0.4, 0.5) is 0 Å². The van der Waals surface area contributed by atoms with Crippen molar-refractivity contribution in [2.24, 2.45) is 0 Å². The number of ether oxygens (including phenoxy) is 2. The molecule has 5 atom stereocenters. The molecule has 0 radical (unpaired) electrons. The molecule has 2 aromatic carbocycles. The van der Waals surface area contributed by atoms with Gasteiger partial charge >= 0.3 is 0 Å². The van der Waals surface area contributed by atoms with E-state index in [1.165, 1.54) is 6.07 Å². The predicted octanol–water partition coefficient (Wildman–Crippen LogP) is 0.0499. The SMILES string of the molecule is O=c1cc(-c2ccccc2)oc2cc(O[C@@H]3O[C@H](CO)[C@@H](O)[C@@H](O)[C@@H]3O)c(O)c(O)c12. The molecule has 0 saturated carbocycles. The van der Waals surface area contributed by atoms with Crippen molar-refractivity contribution in [3.8, 4) is 28.6 Å². The van der Waals surface area contributed by atoms with Crippen LogP contribution in [0.2, 0.25) is 0 Å². The fourth-order valence-corrected chi connectivity index (χ4v) is 3.39. The summed E-state index contributed by atoms with van der Waals surface area (Å²) in [5.74, 6) is -1.82. The number of phenols is 2. The number of rotatable bonds is 4. The van der Waals surface area contributed by atoms with E-state index in [0.29, 0.717) is 5.56 Å².